The minimum absolute atomic E-state index is 0.202. The average Bonchev–Trinajstić information content (AvgIpc) is 2.76. The summed E-state index contributed by atoms with van der Waals surface area (Å²) in [7, 11) is 0. The molecular formula is C16H31NO2. The molecule has 19 heavy (non-hydrogen) atoms. The highest BCUT2D eigenvalue weighted by molar-refractivity contribution is 5.02. The van der Waals surface area contributed by atoms with Crippen molar-refractivity contribution in [3.63, 3.8) is 0 Å². The van der Waals surface area contributed by atoms with Gasteiger partial charge in [0, 0.05) is 19.0 Å². The molecule has 3 heteroatoms. The van der Waals surface area contributed by atoms with Crippen LogP contribution < -0.4 is 0 Å². The lowest BCUT2D eigenvalue weighted by Crippen LogP contribution is -2.43. The number of rotatable bonds is 3. The fourth-order valence-corrected chi connectivity index (χ4v) is 3.85. The summed E-state index contributed by atoms with van der Waals surface area (Å²) < 4.78 is 6.07. The van der Waals surface area contributed by atoms with Crippen LogP contribution in [0.2, 0.25) is 0 Å². The molecule has 2 fully saturated rings. The molecule has 0 aromatic heterocycles. The maximum atomic E-state index is 10.5. The van der Waals surface area contributed by atoms with Crippen LogP contribution in [0.3, 0.4) is 0 Å². The molecule has 2 aliphatic rings. The molecule has 0 aromatic carbocycles. The molecule has 2 aliphatic heterocycles. The minimum Gasteiger partial charge on any atom is -0.390 e. The van der Waals surface area contributed by atoms with Gasteiger partial charge in [0.05, 0.1) is 17.3 Å². The van der Waals surface area contributed by atoms with E-state index in [0.29, 0.717) is 0 Å². The highest BCUT2D eigenvalue weighted by Gasteiger charge is 2.53. The smallest absolute Gasteiger partial charge is 0.0896 e. The number of nitrogens with zero attached hydrogens (tertiary/aromatic N) is 1. The summed E-state index contributed by atoms with van der Waals surface area (Å²) in [5.41, 5.74) is -0.663. The van der Waals surface area contributed by atoms with Crippen LogP contribution in [0.1, 0.15) is 48.0 Å². The molecular weight excluding hydrogens is 238 g/mol. The fraction of sp³-hybridized carbons (Fsp3) is 1.00. The Bertz CT molecular complexity index is 325. The normalized spacial score (nSPS) is 38.2. The van der Waals surface area contributed by atoms with E-state index >= 15 is 0 Å². The number of ether oxygens (including phenoxy) is 1. The SMILES string of the molecule is CC(C)C1CCN(CC2C(O)C(C)(C)OC2(C)C)C1. The summed E-state index contributed by atoms with van der Waals surface area (Å²) in [6.07, 6.45) is 0.922. The lowest BCUT2D eigenvalue weighted by molar-refractivity contribution is -0.0912. The minimum atomic E-state index is -0.425. The van der Waals surface area contributed by atoms with Crippen LogP contribution in [-0.2, 0) is 4.74 Å². The summed E-state index contributed by atoms with van der Waals surface area (Å²) in [4.78, 5) is 2.52. The Morgan fingerprint density at radius 3 is 2.26 bits per heavy atom. The average molecular weight is 269 g/mol. The van der Waals surface area contributed by atoms with Gasteiger partial charge in [-0.2, -0.15) is 0 Å². The van der Waals surface area contributed by atoms with E-state index < -0.39 is 5.60 Å². The number of aliphatic hydroxyl groups excluding tert-OH is 1. The van der Waals surface area contributed by atoms with Crippen molar-refractivity contribution in [3.05, 3.63) is 0 Å². The number of aliphatic hydroxyl groups is 1. The predicted molar refractivity (Wildman–Crippen MR) is 78.1 cm³/mol. The molecule has 3 atom stereocenters. The van der Waals surface area contributed by atoms with Gasteiger partial charge in [0.15, 0.2) is 0 Å². The molecule has 112 valence electrons. The molecule has 0 amide bonds. The summed E-state index contributed by atoms with van der Waals surface area (Å²) in [6.45, 7) is 16.2. The molecule has 0 radical (unpaired) electrons. The fourth-order valence-electron chi connectivity index (χ4n) is 3.85. The first-order chi connectivity index (χ1) is 8.63. The highest BCUT2D eigenvalue weighted by atomic mass is 16.5. The van der Waals surface area contributed by atoms with Crippen molar-refractivity contribution in [2.24, 2.45) is 17.8 Å². The molecule has 1 N–H and O–H groups in total. The van der Waals surface area contributed by atoms with Crippen LogP contribution in [0.5, 0.6) is 0 Å². The van der Waals surface area contributed by atoms with Crippen molar-refractivity contribution in [1.29, 1.82) is 0 Å². The van der Waals surface area contributed by atoms with E-state index in [1.54, 1.807) is 0 Å². The van der Waals surface area contributed by atoms with Crippen molar-refractivity contribution >= 4 is 0 Å². The molecule has 2 rings (SSSR count). The summed E-state index contributed by atoms with van der Waals surface area (Å²) in [5, 5.41) is 10.5. The van der Waals surface area contributed by atoms with Gasteiger partial charge < -0.3 is 14.7 Å². The molecule has 3 nitrogen and oxygen atoms in total. The number of likely N-dealkylation sites (tertiary alicyclic amines) is 1. The van der Waals surface area contributed by atoms with Gasteiger partial charge in [-0.3, -0.25) is 0 Å². The Morgan fingerprint density at radius 1 is 1.21 bits per heavy atom. The van der Waals surface area contributed by atoms with Crippen LogP contribution >= 0.6 is 0 Å². The van der Waals surface area contributed by atoms with E-state index in [4.69, 9.17) is 4.74 Å². The summed E-state index contributed by atoms with van der Waals surface area (Å²) in [6, 6.07) is 0. The third kappa shape index (κ3) is 2.98. The monoisotopic (exact) mass is 269 g/mol. The van der Waals surface area contributed by atoms with Crippen LogP contribution in [-0.4, -0.2) is 46.9 Å². The van der Waals surface area contributed by atoms with E-state index in [9.17, 15) is 5.11 Å². The van der Waals surface area contributed by atoms with Gasteiger partial charge in [0.1, 0.15) is 0 Å². The molecule has 0 spiro atoms. The zero-order valence-corrected chi connectivity index (χ0v) is 13.4. The van der Waals surface area contributed by atoms with Crippen LogP contribution in [0, 0.1) is 17.8 Å². The van der Waals surface area contributed by atoms with Crippen LogP contribution in [0.4, 0.5) is 0 Å². The van der Waals surface area contributed by atoms with Crippen molar-refractivity contribution in [2.45, 2.75) is 65.3 Å². The predicted octanol–water partition coefficient (Wildman–Crippen LogP) is 2.53. The lowest BCUT2D eigenvalue weighted by atomic mass is 9.84. The molecule has 2 saturated heterocycles. The van der Waals surface area contributed by atoms with Gasteiger partial charge in [-0.15, -0.1) is 0 Å². The van der Waals surface area contributed by atoms with E-state index in [2.05, 4.69) is 32.6 Å². The number of hydrogen-bond donors (Lipinski definition) is 1. The second kappa shape index (κ2) is 5.01. The van der Waals surface area contributed by atoms with Crippen molar-refractivity contribution in [1.82, 2.24) is 4.90 Å². The first kappa shape index (κ1) is 15.3. The molecule has 0 aromatic rings. The second-order valence-electron chi connectivity index (χ2n) is 7.91. The lowest BCUT2D eigenvalue weighted by Gasteiger charge is -2.31. The van der Waals surface area contributed by atoms with Gasteiger partial charge in [-0.05, 0) is 52.5 Å². The molecule has 3 unspecified atom stereocenters. The van der Waals surface area contributed by atoms with Crippen molar-refractivity contribution < 1.29 is 9.84 Å². The zero-order chi connectivity index (χ0) is 14.4. The topological polar surface area (TPSA) is 32.7 Å². The van der Waals surface area contributed by atoms with Gasteiger partial charge in [0.25, 0.3) is 0 Å². The largest absolute Gasteiger partial charge is 0.390 e. The van der Waals surface area contributed by atoms with Crippen LogP contribution in [0.25, 0.3) is 0 Å². The maximum Gasteiger partial charge on any atom is 0.0896 e. The van der Waals surface area contributed by atoms with Gasteiger partial charge in [0.2, 0.25) is 0 Å². The number of hydrogen-bond acceptors (Lipinski definition) is 3. The maximum absolute atomic E-state index is 10.5. The summed E-state index contributed by atoms with van der Waals surface area (Å²) >= 11 is 0. The van der Waals surface area contributed by atoms with E-state index in [1.807, 2.05) is 13.8 Å². The van der Waals surface area contributed by atoms with Crippen molar-refractivity contribution in [3.8, 4) is 0 Å². The Kier molecular flexibility index (Phi) is 4.03. The molecule has 0 bridgehead atoms. The van der Waals surface area contributed by atoms with Gasteiger partial charge in [-0.25, -0.2) is 0 Å². The third-order valence-corrected chi connectivity index (χ3v) is 5.22. The molecule has 0 saturated carbocycles. The van der Waals surface area contributed by atoms with E-state index in [-0.39, 0.29) is 17.6 Å². The second-order valence-corrected chi connectivity index (χ2v) is 7.91. The quantitative estimate of drug-likeness (QED) is 0.854. The van der Waals surface area contributed by atoms with E-state index in [1.165, 1.54) is 19.5 Å². The van der Waals surface area contributed by atoms with Gasteiger partial charge in [-0.1, -0.05) is 13.8 Å². The van der Waals surface area contributed by atoms with Crippen molar-refractivity contribution in [2.75, 3.05) is 19.6 Å². The van der Waals surface area contributed by atoms with Gasteiger partial charge >= 0.3 is 0 Å². The molecule has 2 heterocycles. The highest BCUT2D eigenvalue weighted by Crippen LogP contribution is 2.43. The Labute approximate surface area is 118 Å². The first-order valence-electron chi connectivity index (χ1n) is 7.74. The third-order valence-electron chi connectivity index (χ3n) is 5.22. The molecule has 0 aliphatic carbocycles. The Morgan fingerprint density at radius 2 is 1.84 bits per heavy atom. The standard InChI is InChI=1S/C16H31NO2/c1-11(2)12-7-8-17(9-12)10-13-14(18)16(5,6)19-15(13,3)4/h11-14,18H,7-10H2,1-6H3. The Hall–Kier alpha value is -0.120. The summed E-state index contributed by atoms with van der Waals surface area (Å²) in [5.74, 6) is 1.78. The van der Waals surface area contributed by atoms with Crippen LogP contribution in [0.15, 0.2) is 0 Å². The first-order valence-corrected chi connectivity index (χ1v) is 7.74. The zero-order valence-electron chi connectivity index (χ0n) is 13.4. The Balaban J connectivity index is 1.99. The van der Waals surface area contributed by atoms with E-state index in [0.717, 1.165) is 18.4 Å².